The minimum Gasteiger partial charge on any atom is -0.366 e. The molecule has 0 spiro atoms. The van der Waals surface area contributed by atoms with Crippen LogP contribution in [0.15, 0.2) is 30.6 Å². The molecule has 2 heterocycles. The Hall–Kier alpha value is -2.37. The van der Waals surface area contributed by atoms with Gasteiger partial charge in [-0.25, -0.2) is 0 Å². The summed E-state index contributed by atoms with van der Waals surface area (Å²) in [6, 6.07) is 5.28. The lowest BCUT2D eigenvalue weighted by molar-refractivity contribution is -0.384. The monoisotopic (exact) mass is 300 g/mol. The highest BCUT2D eigenvalue weighted by Crippen LogP contribution is 2.36. The van der Waals surface area contributed by atoms with Crippen LogP contribution in [0, 0.1) is 17.0 Å². The number of hydrogen-bond donors (Lipinski definition) is 0. The molecule has 1 aliphatic rings. The molecule has 3 rings (SSSR count). The maximum atomic E-state index is 11.3. The molecule has 6 nitrogen and oxygen atoms in total. The van der Waals surface area contributed by atoms with Gasteiger partial charge in [0.25, 0.3) is 5.69 Å². The average molecular weight is 300 g/mol. The maximum Gasteiger partial charge on any atom is 0.292 e. The molecule has 0 unspecified atom stereocenters. The topological polar surface area (TPSA) is 64.2 Å². The number of nitro benzene ring substituents is 1. The lowest BCUT2D eigenvalue weighted by atomic mass is 9.91. The maximum absolute atomic E-state index is 11.3. The zero-order valence-corrected chi connectivity index (χ0v) is 12.9. The number of aryl methyl sites for hydroxylation is 2. The van der Waals surface area contributed by atoms with Crippen LogP contribution in [0.1, 0.15) is 29.9 Å². The van der Waals surface area contributed by atoms with E-state index in [1.165, 1.54) is 5.56 Å². The Morgan fingerprint density at radius 2 is 2.05 bits per heavy atom. The van der Waals surface area contributed by atoms with E-state index in [0.717, 1.165) is 37.2 Å². The van der Waals surface area contributed by atoms with Gasteiger partial charge in [-0.3, -0.25) is 14.8 Å². The molecule has 6 heteroatoms. The third-order valence-corrected chi connectivity index (χ3v) is 4.42. The van der Waals surface area contributed by atoms with Crippen LogP contribution < -0.4 is 4.90 Å². The second kappa shape index (κ2) is 5.79. The second-order valence-corrected chi connectivity index (χ2v) is 5.91. The highest BCUT2D eigenvalue weighted by atomic mass is 16.6. The number of nitrogens with zero attached hydrogens (tertiary/aromatic N) is 4. The van der Waals surface area contributed by atoms with Crippen molar-refractivity contribution in [1.82, 2.24) is 9.78 Å². The lowest BCUT2D eigenvalue weighted by Gasteiger charge is -2.33. The first kappa shape index (κ1) is 14.6. The smallest absolute Gasteiger partial charge is 0.292 e. The van der Waals surface area contributed by atoms with E-state index in [1.54, 1.807) is 12.1 Å². The number of aromatic nitrogens is 2. The minimum absolute atomic E-state index is 0.208. The van der Waals surface area contributed by atoms with Crippen LogP contribution in [0.4, 0.5) is 11.4 Å². The summed E-state index contributed by atoms with van der Waals surface area (Å²) < 4.78 is 1.83. The molecule has 0 atom stereocenters. The lowest BCUT2D eigenvalue weighted by Crippen LogP contribution is -2.33. The molecule has 0 N–H and O–H groups in total. The molecular formula is C16H20N4O2. The predicted molar refractivity (Wildman–Crippen MR) is 85.2 cm³/mol. The van der Waals surface area contributed by atoms with Gasteiger partial charge in [0.2, 0.25) is 0 Å². The molecule has 1 aromatic heterocycles. The Morgan fingerprint density at radius 1 is 1.32 bits per heavy atom. The molecule has 1 aromatic carbocycles. The Morgan fingerprint density at radius 3 is 2.64 bits per heavy atom. The molecule has 0 radical (unpaired) electrons. The van der Waals surface area contributed by atoms with Gasteiger partial charge in [0.1, 0.15) is 5.69 Å². The Balaban J connectivity index is 1.78. The van der Waals surface area contributed by atoms with Gasteiger partial charge in [-0.1, -0.05) is 12.1 Å². The molecule has 0 aliphatic carbocycles. The highest BCUT2D eigenvalue weighted by molar-refractivity contribution is 5.67. The summed E-state index contributed by atoms with van der Waals surface area (Å²) in [6.45, 7) is 3.62. The fourth-order valence-corrected chi connectivity index (χ4v) is 3.29. The molecule has 0 bridgehead atoms. The van der Waals surface area contributed by atoms with E-state index in [1.807, 2.05) is 30.9 Å². The number of rotatable bonds is 3. The fourth-order valence-electron chi connectivity index (χ4n) is 3.29. The first-order valence-electron chi connectivity index (χ1n) is 7.53. The first-order valence-corrected chi connectivity index (χ1v) is 7.53. The van der Waals surface area contributed by atoms with E-state index in [2.05, 4.69) is 16.2 Å². The zero-order valence-electron chi connectivity index (χ0n) is 12.9. The van der Waals surface area contributed by atoms with Crippen molar-refractivity contribution in [3.8, 4) is 0 Å². The summed E-state index contributed by atoms with van der Waals surface area (Å²) in [5.41, 5.74) is 3.22. The molecule has 1 saturated heterocycles. The first-order chi connectivity index (χ1) is 10.6. The van der Waals surface area contributed by atoms with E-state index >= 15 is 0 Å². The molecular weight excluding hydrogens is 280 g/mol. The van der Waals surface area contributed by atoms with Gasteiger partial charge in [-0.05, 0) is 36.8 Å². The molecule has 1 aliphatic heterocycles. The Labute approximate surface area is 129 Å². The van der Waals surface area contributed by atoms with Crippen molar-refractivity contribution in [2.24, 2.45) is 7.05 Å². The van der Waals surface area contributed by atoms with Crippen molar-refractivity contribution in [3.05, 3.63) is 51.8 Å². The number of piperidine rings is 1. The van der Waals surface area contributed by atoms with Crippen LogP contribution in [0.25, 0.3) is 0 Å². The largest absolute Gasteiger partial charge is 0.366 e. The van der Waals surface area contributed by atoms with E-state index in [0.29, 0.717) is 5.92 Å². The Kier molecular flexibility index (Phi) is 3.83. The van der Waals surface area contributed by atoms with Gasteiger partial charge in [0.15, 0.2) is 0 Å². The van der Waals surface area contributed by atoms with Crippen LogP contribution in [-0.4, -0.2) is 27.8 Å². The predicted octanol–water partition coefficient (Wildman–Crippen LogP) is 3.02. The van der Waals surface area contributed by atoms with Gasteiger partial charge in [0, 0.05) is 32.4 Å². The molecule has 22 heavy (non-hydrogen) atoms. The van der Waals surface area contributed by atoms with Crippen LogP contribution in [0.2, 0.25) is 0 Å². The summed E-state index contributed by atoms with van der Waals surface area (Å²) in [5, 5.41) is 15.5. The summed E-state index contributed by atoms with van der Waals surface area (Å²) >= 11 is 0. The SMILES string of the molecule is Cc1cccc([N+](=O)[O-])c1N1CCC(c2cnn(C)c2)CC1. The Bertz CT molecular complexity index is 687. The summed E-state index contributed by atoms with van der Waals surface area (Å²) in [6.07, 6.45) is 5.99. The standard InChI is InChI=1S/C16H20N4O2/c1-12-4-3-5-15(20(21)22)16(12)19-8-6-13(7-9-19)14-10-17-18(2)11-14/h3-5,10-11,13H,6-9H2,1-2H3. The van der Waals surface area contributed by atoms with Gasteiger partial charge in [0.05, 0.1) is 11.1 Å². The molecule has 0 saturated carbocycles. The average Bonchev–Trinajstić information content (AvgIpc) is 2.94. The quantitative estimate of drug-likeness (QED) is 0.645. The van der Waals surface area contributed by atoms with Crippen molar-refractivity contribution in [2.75, 3.05) is 18.0 Å². The highest BCUT2D eigenvalue weighted by Gasteiger charge is 2.27. The zero-order chi connectivity index (χ0) is 15.7. The summed E-state index contributed by atoms with van der Waals surface area (Å²) in [7, 11) is 1.93. The second-order valence-electron chi connectivity index (χ2n) is 5.91. The van der Waals surface area contributed by atoms with Crippen molar-refractivity contribution in [2.45, 2.75) is 25.7 Å². The van der Waals surface area contributed by atoms with Gasteiger partial charge in [-0.15, -0.1) is 0 Å². The molecule has 2 aromatic rings. The van der Waals surface area contributed by atoms with Gasteiger partial charge < -0.3 is 4.90 Å². The van der Waals surface area contributed by atoms with Crippen molar-refractivity contribution < 1.29 is 4.92 Å². The number of anilines is 1. The number of hydrogen-bond acceptors (Lipinski definition) is 4. The van der Waals surface area contributed by atoms with E-state index in [9.17, 15) is 10.1 Å². The number of benzene rings is 1. The molecule has 1 fully saturated rings. The number of nitro groups is 1. The van der Waals surface area contributed by atoms with Crippen LogP contribution in [0.3, 0.4) is 0 Å². The van der Waals surface area contributed by atoms with Crippen LogP contribution in [-0.2, 0) is 7.05 Å². The normalized spacial score (nSPS) is 16.0. The molecule has 116 valence electrons. The van der Waals surface area contributed by atoms with E-state index in [4.69, 9.17) is 0 Å². The van der Waals surface area contributed by atoms with Crippen molar-refractivity contribution in [1.29, 1.82) is 0 Å². The summed E-state index contributed by atoms with van der Waals surface area (Å²) in [4.78, 5) is 13.1. The van der Waals surface area contributed by atoms with Crippen LogP contribution >= 0.6 is 0 Å². The van der Waals surface area contributed by atoms with Crippen molar-refractivity contribution >= 4 is 11.4 Å². The van der Waals surface area contributed by atoms with Gasteiger partial charge >= 0.3 is 0 Å². The number of para-hydroxylation sites is 1. The van der Waals surface area contributed by atoms with E-state index in [-0.39, 0.29) is 10.6 Å². The third-order valence-electron chi connectivity index (χ3n) is 4.42. The fraction of sp³-hybridized carbons (Fsp3) is 0.438. The third kappa shape index (κ3) is 2.68. The van der Waals surface area contributed by atoms with Gasteiger partial charge in [-0.2, -0.15) is 5.10 Å². The molecule has 0 amide bonds. The van der Waals surface area contributed by atoms with Crippen molar-refractivity contribution in [3.63, 3.8) is 0 Å². The minimum atomic E-state index is -0.282. The van der Waals surface area contributed by atoms with E-state index < -0.39 is 0 Å². The summed E-state index contributed by atoms with van der Waals surface area (Å²) in [5.74, 6) is 0.494. The van der Waals surface area contributed by atoms with Crippen LogP contribution in [0.5, 0.6) is 0 Å².